The summed E-state index contributed by atoms with van der Waals surface area (Å²) in [5.74, 6) is 0. The molecular formula is C30H47BF4S. The van der Waals surface area contributed by atoms with Gasteiger partial charge < -0.3 is 17.3 Å². The van der Waals surface area contributed by atoms with Crippen molar-refractivity contribution in [1.29, 1.82) is 0 Å². The highest BCUT2D eigenvalue weighted by Gasteiger charge is 2.35. The lowest BCUT2D eigenvalue weighted by atomic mass is 9.85. The Hall–Kier alpha value is -1.43. The summed E-state index contributed by atoms with van der Waals surface area (Å²) in [7, 11) is -6.00. The Labute approximate surface area is 223 Å². The van der Waals surface area contributed by atoms with Crippen LogP contribution in [0.1, 0.15) is 121 Å². The number of benzene rings is 2. The Kier molecular flexibility index (Phi) is 17.8. The largest absolute Gasteiger partial charge is 0.673 e. The van der Waals surface area contributed by atoms with Crippen molar-refractivity contribution in [2.75, 3.05) is 0 Å². The molecule has 0 fully saturated rings. The van der Waals surface area contributed by atoms with E-state index >= 15 is 0 Å². The van der Waals surface area contributed by atoms with Crippen molar-refractivity contribution in [2.45, 2.75) is 114 Å². The van der Waals surface area contributed by atoms with Gasteiger partial charge >= 0.3 is 7.25 Å². The normalized spacial score (nSPS) is 11.7. The number of hydrogen-bond donors (Lipinski definition) is 0. The maximum absolute atomic E-state index is 9.75. The van der Waals surface area contributed by atoms with Crippen LogP contribution in [0, 0.1) is 0 Å². The molecule has 0 N–H and O–H groups in total. The van der Waals surface area contributed by atoms with Crippen LogP contribution in [-0.2, 0) is 17.4 Å². The van der Waals surface area contributed by atoms with Crippen LogP contribution in [0.3, 0.4) is 0 Å². The quantitative estimate of drug-likeness (QED) is 0.0784. The molecule has 0 amide bonds. The van der Waals surface area contributed by atoms with Gasteiger partial charge in [0.2, 0.25) is 0 Å². The second kappa shape index (κ2) is 19.7. The minimum atomic E-state index is -6.00. The fourth-order valence-electron chi connectivity index (χ4n) is 4.66. The van der Waals surface area contributed by atoms with Crippen LogP contribution in [0.15, 0.2) is 60.7 Å². The zero-order valence-corrected chi connectivity index (χ0v) is 23.2. The van der Waals surface area contributed by atoms with Crippen molar-refractivity contribution in [2.24, 2.45) is 0 Å². The predicted molar refractivity (Wildman–Crippen MR) is 154 cm³/mol. The van der Waals surface area contributed by atoms with Crippen molar-refractivity contribution >= 4 is 19.9 Å². The lowest BCUT2D eigenvalue weighted by Crippen LogP contribution is -2.24. The van der Waals surface area contributed by atoms with E-state index in [0.717, 1.165) is 6.42 Å². The zero-order chi connectivity index (χ0) is 26.5. The monoisotopic (exact) mass is 526 g/mol. The second-order valence-electron chi connectivity index (χ2n) is 9.83. The number of rotatable bonds is 18. The minimum absolute atomic E-state index is 0.0704. The van der Waals surface area contributed by atoms with Gasteiger partial charge in [0.15, 0.2) is 4.75 Å². The van der Waals surface area contributed by atoms with Gasteiger partial charge in [0.05, 0.1) is 0 Å². The first-order chi connectivity index (χ1) is 17.3. The van der Waals surface area contributed by atoms with Gasteiger partial charge in [-0.05, 0) is 19.0 Å². The molecule has 0 bridgehead atoms. The number of halogens is 4. The summed E-state index contributed by atoms with van der Waals surface area (Å²) in [5.41, 5.74) is 2.73. The molecule has 0 unspecified atom stereocenters. The summed E-state index contributed by atoms with van der Waals surface area (Å²) in [5, 5.41) is 0. The van der Waals surface area contributed by atoms with Crippen LogP contribution in [-0.4, -0.2) is 7.25 Å². The maximum atomic E-state index is 9.75. The fourth-order valence-corrected chi connectivity index (χ4v) is 5.17. The molecule has 0 radical (unpaired) electrons. The average molecular weight is 527 g/mol. The molecule has 2 aromatic rings. The molecule has 0 aliphatic carbocycles. The molecule has 0 aromatic heterocycles. The highest BCUT2D eigenvalue weighted by molar-refractivity contribution is 7.60. The van der Waals surface area contributed by atoms with Crippen molar-refractivity contribution in [1.82, 2.24) is 0 Å². The summed E-state index contributed by atoms with van der Waals surface area (Å²) in [6.07, 6.45) is 22.4. The van der Waals surface area contributed by atoms with Crippen molar-refractivity contribution in [3.05, 3.63) is 71.8 Å². The third kappa shape index (κ3) is 16.3. The molecule has 0 spiro atoms. The fraction of sp³-hybridized carbons (Fsp3) is 0.600. The third-order valence-corrected chi connectivity index (χ3v) is 7.52. The van der Waals surface area contributed by atoms with E-state index < -0.39 is 7.25 Å². The summed E-state index contributed by atoms with van der Waals surface area (Å²) in [4.78, 5) is 0. The lowest BCUT2D eigenvalue weighted by molar-refractivity contribution is 0.368. The molecule has 0 aliphatic heterocycles. The first-order valence-electron chi connectivity index (χ1n) is 14.0. The molecule has 0 saturated carbocycles. The molecular weight excluding hydrogens is 479 g/mol. The Morgan fingerprint density at radius 1 is 0.528 bits per heavy atom. The standard InChI is InChI=1S/C30H46S.BF4/c1-2-3-4-5-6-7-8-9-10-11-12-13-14-15-22-27-30(31,28-23-18-16-19-24-28)29-25-20-17-21-26-29;2-1(3,4)5/h16-21,23-26,31H,2-15,22,27H2,1H3;/q;-1/p+1. The second-order valence-corrected chi connectivity index (χ2v) is 10.7. The first kappa shape index (κ1) is 32.6. The van der Waals surface area contributed by atoms with Gasteiger partial charge in [0.1, 0.15) is 0 Å². The molecule has 0 atom stereocenters. The van der Waals surface area contributed by atoms with Crippen LogP contribution in [0.5, 0.6) is 0 Å². The molecule has 204 valence electrons. The Morgan fingerprint density at radius 3 is 1.11 bits per heavy atom. The van der Waals surface area contributed by atoms with E-state index in [4.69, 9.17) is 0 Å². The number of hydrogen-bond acceptors (Lipinski definition) is 0. The van der Waals surface area contributed by atoms with E-state index in [1.54, 1.807) is 0 Å². The summed E-state index contributed by atoms with van der Waals surface area (Å²) in [6, 6.07) is 21.8. The van der Waals surface area contributed by atoms with E-state index in [0.29, 0.717) is 0 Å². The first-order valence-corrected chi connectivity index (χ1v) is 14.5. The molecule has 0 saturated heterocycles. The highest BCUT2D eigenvalue weighted by atomic mass is 32.1. The molecule has 6 heteroatoms. The lowest BCUT2D eigenvalue weighted by Gasteiger charge is -2.24. The van der Waals surface area contributed by atoms with Crippen LogP contribution >= 0.6 is 0 Å². The van der Waals surface area contributed by atoms with Crippen LogP contribution < -0.4 is 0 Å². The van der Waals surface area contributed by atoms with E-state index in [2.05, 4.69) is 80.2 Å². The van der Waals surface area contributed by atoms with Crippen LogP contribution in [0.2, 0.25) is 0 Å². The van der Waals surface area contributed by atoms with Crippen LogP contribution in [0.25, 0.3) is 0 Å². The van der Waals surface area contributed by atoms with Gasteiger partial charge in [0.25, 0.3) is 0 Å². The Balaban J connectivity index is 0.00000118. The molecule has 2 aromatic carbocycles. The Bertz CT molecular complexity index is 707. The van der Waals surface area contributed by atoms with Gasteiger partial charge in [0, 0.05) is 17.5 Å². The molecule has 0 aliphatic rings. The third-order valence-electron chi connectivity index (χ3n) is 6.69. The van der Waals surface area contributed by atoms with E-state index in [-0.39, 0.29) is 4.75 Å². The van der Waals surface area contributed by atoms with Crippen molar-refractivity contribution in [3.63, 3.8) is 0 Å². The maximum Gasteiger partial charge on any atom is 0.673 e. The van der Waals surface area contributed by atoms with Gasteiger partial charge in [-0.1, -0.05) is 157 Å². The van der Waals surface area contributed by atoms with E-state index in [1.165, 1.54) is 107 Å². The SMILES string of the molecule is CCCCCCCCCCCCCCCCCC([SH2+])(c1ccccc1)c1ccccc1.F[B-](F)(F)F. The van der Waals surface area contributed by atoms with Crippen molar-refractivity contribution < 1.29 is 17.3 Å². The van der Waals surface area contributed by atoms with E-state index in [1.807, 2.05) is 0 Å². The minimum Gasteiger partial charge on any atom is -0.418 e. The summed E-state index contributed by atoms with van der Waals surface area (Å²) < 4.78 is 38.9. The molecule has 2 rings (SSSR count). The van der Waals surface area contributed by atoms with Gasteiger partial charge in [-0.3, -0.25) is 0 Å². The van der Waals surface area contributed by atoms with Crippen LogP contribution in [0.4, 0.5) is 17.3 Å². The average Bonchev–Trinajstić information content (AvgIpc) is 2.86. The molecule has 36 heavy (non-hydrogen) atoms. The van der Waals surface area contributed by atoms with Gasteiger partial charge in [-0.2, -0.15) is 0 Å². The van der Waals surface area contributed by atoms with E-state index in [9.17, 15) is 17.3 Å². The van der Waals surface area contributed by atoms with Gasteiger partial charge in [-0.15, -0.1) is 0 Å². The topological polar surface area (TPSA) is 0 Å². The zero-order valence-electron chi connectivity index (χ0n) is 22.2. The summed E-state index contributed by atoms with van der Waals surface area (Å²) >= 11 is 4.21. The van der Waals surface area contributed by atoms with Gasteiger partial charge in [-0.25, -0.2) is 0 Å². The Morgan fingerprint density at radius 2 is 0.806 bits per heavy atom. The number of unbranched alkanes of at least 4 members (excludes halogenated alkanes) is 14. The highest BCUT2D eigenvalue weighted by Crippen LogP contribution is 2.36. The smallest absolute Gasteiger partial charge is 0.418 e. The molecule has 0 nitrogen and oxygen atoms in total. The summed E-state index contributed by atoms with van der Waals surface area (Å²) in [6.45, 7) is 2.30. The van der Waals surface area contributed by atoms with Crippen molar-refractivity contribution in [3.8, 4) is 0 Å². The molecule has 0 heterocycles. The predicted octanol–water partition coefficient (Wildman–Crippen LogP) is 10.5.